The predicted molar refractivity (Wildman–Crippen MR) is 111 cm³/mol. The quantitative estimate of drug-likeness (QED) is 0.740. The van der Waals surface area contributed by atoms with Crippen molar-refractivity contribution in [1.82, 2.24) is 0 Å². The van der Waals surface area contributed by atoms with Crippen LogP contribution in [0.4, 0.5) is 0 Å². The molecule has 0 saturated carbocycles. The van der Waals surface area contributed by atoms with Crippen LogP contribution < -0.4 is 4.74 Å². The number of benzene rings is 2. The second kappa shape index (κ2) is 7.45. The summed E-state index contributed by atoms with van der Waals surface area (Å²) in [5.74, 6) is 1.13. The number of hydrogen-bond acceptors (Lipinski definition) is 1. The average Bonchev–Trinajstić information content (AvgIpc) is 2.58. The topological polar surface area (TPSA) is 9.23 Å². The molecule has 0 amide bonds. The van der Waals surface area contributed by atoms with Crippen molar-refractivity contribution in [3.8, 4) is 5.75 Å². The van der Waals surface area contributed by atoms with E-state index in [1.54, 1.807) is 0 Å². The molecular weight excluding hydrogens is 332 g/mol. The van der Waals surface area contributed by atoms with Crippen LogP contribution in [0, 0.1) is 0 Å². The molecule has 24 heavy (non-hydrogen) atoms. The Labute approximate surface area is 152 Å². The fourth-order valence-corrected chi connectivity index (χ4v) is 6.07. The number of fused-ring (bicyclic) bond motifs is 4. The lowest BCUT2D eigenvalue weighted by atomic mass is 9.99. The largest absolute Gasteiger partial charge is 0.496 e. The van der Waals surface area contributed by atoms with Crippen LogP contribution in [0.25, 0.3) is 0 Å². The molecule has 4 bridgehead atoms. The predicted octanol–water partition coefficient (Wildman–Crippen LogP) is 4.33. The highest BCUT2D eigenvalue weighted by Gasteiger charge is 2.32. The van der Waals surface area contributed by atoms with Crippen LogP contribution >= 0.6 is 0 Å². The summed E-state index contributed by atoms with van der Waals surface area (Å²) in [6.45, 7) is 0. The fourth-order valence-electron chi connectivity index (χ4n) is 3.64. The van der Waals surface area contributed by atoms with E-state index >= 15 is 0 Å². The van der Waals surface area contributed by atoms with Crippen LogP contribution in [0.3, 0.4) is 0 Å². The molecule has 0 saturated heterocycles. The normalized spacial score (nSPS) is 20.3. The minimum atomic E-state index is 0.294. The van der Waals surface area contributed by atoms with E-state index < -0.39 is 0 Å². The number of hydrogen-bond donors (Lipinski definition) is 0. The van der Waals surface area contributed by atoms with Gasteiger partial charge in [-0.2, -0.15) is 0 Å². The summed E-state index contributed by atoms with van der Waals surface area (Å²) in [7, 11) is 2.45. The zero-order valence-corrected chi connectivity index (χ0v) is 17.0. The molecule has 0 aromatic heterocycles. The maximum Gasteiger partial charge on any atom is 0.150 e. The highest BCUT2D eigenvalue weighted by molar-refractivity contribution is 7.96. The van der Waals surface area contributed by atoms with Gasteiger partial charge in [-0.25, -0.2) is 0 Å². The van der Waals surface area contributed by atoms with Gasteiger partial charge >= 0.3 is 0 Å². The Kier molecular flexibility index (Phi) is 5.51. The molecule has 2 aliphatic carbocycles. The van der Waals surface area contributed by atoms with Gasteiger partial charge in [-0.3, -0.25) is 0 Å². The molecule has 2 unspecified atom stereocenters. The van der Waals surface area contributed by atoms with Gasteiger partial charge < -0.3 is 4.74 Å². The first-order valence-electron chi connectivity index (χ1n) is 8.38. The van der Waals surface area contributed by atoms with Crippen LogP contribution in [0.5, 0.6) is 5.75 Å². The smallest absolute Gasteiger partial charge is 0.150 e. The molecule has 4 rings (SSSR count). The summed E-state index contributed by atoms with van der Waals surface area (Å²) >= 11 is 0. The van der Waals surface area contributed by atoms with Crippen LogP contribution in [0.2, 0.25) is 0 Å². The molecule has 0 fully saturated rings. The van der Waals surface area contributed by atoms with E-state index in [0.717, 1.165) is 18.6 Å². The monoisotopic (exact) mass is 360 g/mol. The minimum Gasteiger partial charge on any atom is -0.496 e. The minimum absolute atomic E-state index is 0.294. The first kappa shape index (κ1) is 17.8. The zero-order valence-electron chi connectivity index (χ0n) is 15.3. The molecule has 1 nitrogen and oxygen atoms in total. The molecule has 3 heteroatoms. The third kappa shape index (κ3) is 3.48. The number of methoxy groups -OCH3 is 1. The number of rotatable bonds is 3. The molecule has 0 aliphatic heterocycles. The lowest BCUT2D eigenvalue weighted by molar-refractivity contribution is 0.404. The van der Waals surface area contributed by atoms with Crippen molar-refractivity contribution in [3.05, 3.63) is 64.7 Å². The summed E-state index contributed by atoms with van der Waals surface area (Å²) < 4.78 is 5.94. The van der Waals surface area contributed by atoms with Gasteiger partial charge in [-0.1, -0.05) is 42.5 Å². The van der Waals surface area contributed by atoms with Gasteiger partial charge in [0.2, 0.25) is 0 Å². The Morgan fingerprint density at radius 2 is 1.50 bits per heavy atom. The lowest BCUT2D eigenvalue weighted by Gasteiger charge is -2.20. The van der Waals surface area contributed by atoms with Gasteiger partial charge in [0, 0.05) is 24.0 Å². The van der Waals surface area contributed by atoms with Crippen molar-refractivity contribution < 1.29 is 4.74 Å². The van der Waals surface area contributed by atoms with Gasteiger partial charge in [-0.15, -0.1) is 0 Å². The second-order valence-electron chi connectivity index (χ2n) is 6.93. The molecule has 2 aromatic rings. The first-order valence-corrected chi connectivity index (χ1v) is 12.6. The molecule has 2 aromatic carbocycles. The first-order chi connectivity index (χ1) is 11.5. The van der Waals surface area contributed by atoms with Gasteiger partial charge in [0.1, 0.15) is 16.2 Å². The Balaban J connectivity index is 2.19. The van der Waals surface area contributed by atoms with Crippen LogP contribution in [-0.2, 0) is 34.6 Å². The molecule has 0 spiro atoms. The Hall–Kier alpha value is -1.06. The van der Waals surface area contributed by atoms with Crippen molar-refractivity contribution in [1.29, 1.82) is 0 Å². The molecule has 0 heterocycles. The summed E-state index contributed by atoms with van der Waals surface area (Å²) in [4.78, 5) is 0. The van der Waals surface area contributed by atoms with Crippen molar-refractivity contribution >= 4 is 21.8 Å². The Morgan fingerprint density at radius 1 is 0.833 bits per heavy atom. The third-order valence-electron chi connectivity index (χ3n) is 4.99. The summed E-state index contributed by atoms with van der Waals surface area (Å²) in [6, 6.07) is 16.2. The van der Waals surface area contributed by atoms with Crippen LogP contribution in [0.15, 0.2) is 42.5 Å². The second-order valence-corrected chi connectivity index (χ2v) is 11.6. The van der Waals surface area contributed by atoms with Gasteiger partial charge in [0.15, 0.2) is 0 Å². The number of para-hydroxylation sites is 1. The van der Waals surface area contributed by atoms with E-state index in [2.05, 4.69) is 67.5 Å². The maximum atomic E-state index is 5.94. The van der Waals surface area contributed by atoms with Gasteiger partial charge in [-0.05, 0) is 32.9 Å². The highest BCUT2D eigenvalue weighted by atomic mass is 32.2. The molecular formula is C21H28OS2+2. The molecule has 2 aliphatic rings. The van der Waals surface area contributed by atoms with Crippen molar-refractivity contribution in [2.75, 3.05) is 32.1 Å². The van der Waals surface area contributed by atoms with E-state index in [1.165, 1.54) is 22.3 Å². The number of ether oxygens (including phenoxy) is 1. The highest BCUT2D eigenvalue weighted by Crippen LogP contribution is 2.39. The van der Waals surface area contributed by atoms with Crippen molar-refractivity contribution in [2.45, 2.75) is 23.3 Å². The van der Waals surface area contributed by atoms with Crippen LogP contribution in [0.1, 0.15) is 32.8 Å². The third-order valence-corrected chi connectivity index (χ3v) is 8.13. The standard InChI is InChI=1S/C21H28OS2/c1-22-21-17-7-6-8-18(21)20(24(4)5)13-15-9-11-16(12-10-15)19(14-17)23(2)3/h6-12,19-20H,13-14H2,1-5H3/q+2. The van der Waals surface area contributed by atoms with E-state index in [4.69, 9.17) is 4.74 Å². The van der Waals surface area contributed by atoms with Crippen molar-refractivity contribution in [2.24, 2.45) is 0 Å². The molecule has 128 valence electrons. The van der Waals surface area contributed by atoms with Gasteiger partial charge in [0.05, 0.1) is 32.1 Å². The average molecular weight is 361 g/mol. The fraction of sp³-hybridized carbons (Fsp3) is 0.429. The van der Waals surface area contributed by atoms with Crippen molar-refractivity contribution in [3.63, 3.8) is 0 Å². The zero-order chi connectivity index (χ0) is 17.3. The lowest BCUT2D eigenvalue weighted by Crippen LogP contribution is -2.16. The Bertz CT molecular complexity index is 691. The molecule has 0 radical (unpaired) electrons. The summed E-state index contributed by atoms with van der Waals surface area (Å²) in [6.07, 6.45) is 11.6. The van der Waals surface area contributed by atoms with E-state index in [-0.39, 0.29) is 0 Å². The SMILES string of the molecule is COc1c2cccc1C([S+](C)C)Cc1ccc(cc1)C([S+](C)C)C2. The molecule has 2 atom stereocenters. The van der Waals surface area contributed by atoms with Crippen LogP contribution in [-0.4, -0.2) is 32.1 Å². The summed E-state index contributed by atoms with van der Waals surface area (Å²) in [5, 5.41) is 1.07. The van der Waals surface area contributed by atoms with E-state index in [0.29, 0.717) is 32.3 Å². The Morgan fingerprint density at radius 3 is 2.08 bits per heavy atom. The maximum absolute atomic E-state index is 5.94. The molecule has 0 N–H and O–H groups in total. The van der Waals surface area contributed by atoms with E-state index in [1.807, 2.05) is 7.11 Å². The summed E-state index contributed by atoms with van der Waals surface area (Å²) in [5.41, 5.74) is 5.65. The van der Waals surface area contributed by atoms with Gasteiger partial charge in [0.25, 0.3) is 0 Å². The van der Waals surface area contributed by atoms with E-state index in [9.17, 15) is 0 Å².